The van der Waals surface area contributed by atoms with Crippen molar-refractivity contribution >= 4 is 5.78 Å². The molecule has 0 aliphatic heterocycles. The van der Waals surface area contributed by atoms with Crippen LogP contribution in [0.25, 0.3) is 0 Å². The Morgan fingerprint density at radius 1 is 1.45 bits per heavy atom. The van der Waals surface area contributed by atoms with E-state index >= 15 is 0 Å². The number of Topliss-reactive ketones (excluding diaryl/α,β-unsaturated/α-hetero) is 1. The Kier molecular flexibility index (Phi) is 1.23. The Labute approximate surface area is 66.6 Å². The fraction of sp³-hybridized carbons (Fsp3) is 0.889. The standard InChI is InChI=1S/C9H14O2/c1-7(10)4-8-2-3-9(11,5-8)6-8/h11H,2-6H2,1H3. The van der Waals surface area contributed by atoms with Gasteiger partial charge in [0.25, 0.3) is 0 Å². The Morgan fingerprint density at radius 3 is 2.45 bits per heavy atom. The third-order valence-corrected chi connectivity index (χ3v) is 3.15. The minimum Gasteiger partial charge on any atom is -0.390 e. The molecule has 0 amide bonds. The summed E-state index contributed by atoms with van der Waals surface area (Å²) < 4.78 is 0. The zero-order valence-corrected chi connectivity index (χ0v) is 6.89. The van der Waals surface area contributed by atoms with Crippen molar-refractivity contribution in [2.75, 3.05) is 0 Å². The number of carbonyl (C=O) groups is 1. The molecule has 0 unspecified atom stereocenters. The van der Waals surface area contributed by atoms with Crippen molar-refractivity contribution in [3.63, 3.8) is 0 Å². The predicted molar refractivity (Wildman–Crippen MR) is 41.1 cm³/mol. The quantitative estimate of drug-likeness (QED) is 0.650. The van der Waals surface area contributed by atoms with Gasteiger partial charge in [-0.2, -0.15) is 0 Å². The van der Waals surface area contributed by atoms with Crippen LogP contribution in [0.3, 0.4) is 0 Å². The van der Waals surface area contributed by atoms with E-state index in [4.69, 9.17) is 0 Å². The SMILES string of the molecule is CC(=O)CC12CCC(O)(C1)C2. The minimum atomic E-state index is -0.366. The number of fused-ring (bicyclic) bond motifs is 1. The fourth-order valence-corrected chi connectivity index (χ4v) is 2.94. The molecule has 3 aliphatic carbocycles. The molecule has 0 aromatic rings. The summed E-state index contributed by atoms with van der Waals surface area (Å²) in [7, 11) is 0. The number of hydrogen-bond acceptors (Lipinski definition) is 2. The monoisotopic (exact) mass is 154 g/mol. The second kappa shape index (κ2) is 1.86. The maximum atomic E-state index is 10.9. The third kappa shape index (κ3) is 1.00. The second-order valence-corrected chi connectivity index (χ2v) is 4.46. The third-order valence-electron chi connectivity index (χ3n) is 3.15. The summed E-state index contributed by atoms with van der Waals surface area (Å²) in [4.78, 5) is 10.9. The van der Waals surface area contributed by atoms with Gasteiger partial charge in [-0.25, -0.2) is 0 Å². The summed E-state index contributed by atoms with van der Waals surface area (Å²) >= 11 is 0. The van der Waals surface area contributed by atoms with Crippen molar-refractivity contribution in [2.45, 2.75) is 44.6 Å². The van der Waals surface area contributed by atoms with Gasteiger partial charge >= 0.3 is 0 Å². The van der Waals surface area contributed by atoms with Gasteiger partial charge in [0.2, 0.25) is 0 Å². The van der Waals surface area contributed by atoms with E-state index in [1.807, 2.05) is 0 Å². The van der Waals surface area contributed by atoms with Crippen LogP contribution in [0.5, 0.6) is 0 Å². The van der Waals surface area contributed by atoms with Crippen molar-refractivity contribution in [3.05, 3.63) is 0 Å². The minimum absolute atomic E-state index is 0.223. The molecule has 11 heavy (non-hydrogen) atoms. The first kappa shape index (κ1) is 7.29. The summed E-state index contributed by atoms with van der Waals surface area (Å²) in [5, 5.41) is 9.63. The number of carbonyl (C=O) groups excluding carboxylic acids is 1. The summed E-state index contributed by atoms with van der Waals surface area (Å²) in [6.45, 7) is 1.64. The molecule has 0 heterocycles. The number of aliphatic hydroxyl groups is 1. The molecule has 0 radical (unpaired) electrons. The van der Waals surface area contributed by atoms with E-state index in [2.05, 4.69) is 0 Å². The maximum absolute atomic E-state index is 10.9. The van der Waals surface area contributed by atoms with E-state index in [9.17, 15) is 9.90 Å². The normalized spacial score (nSPS) is 47.1. The van der Waals surface area contributed by atoms with E-state index in [1.165, 1.54) is 0 Å². The molecular weight excluding hydrogens is 140 g/mol. The molecule has 62 valence electrons. The van der Waals surface area contributed by atoms with Crippen molar-refractivity contribution in [2.24, 2.45) is 5.41 Å². The van der Waals surface area contributed by atoms with Gasteiger partial charge in [0, 0.05) is 6.42 Å². The van der Waals surface area contributed by atoms with Gasteiger partial charge in [0.1, 0.15) is 5.78 Å². The summed E-state index contributed by atoms with van der Waals surface area (Å²) in [6.07, 6.45) is 4.41. The van der Waals surface area contributed by atoms with Gasteiger partial charge in [-0.3, -0.25) is 0 Å². The molecule has 1 N–H and O–H groups in total. The Hall–Kier alpha value is -0.370. The lowest BCUT2D eigenvalue weighted by atomic mass is 9.65. The Balaban J connectivity index is 2.02. The highest BCUT2D eigenvalue weighted by molar-refractivity contribution is 5.76. The van der Waals surface area contributed by atoms with Crippen LogP contribution in [0.4, 0.5) is 0 Å². The summed E-state index contributed by atoms with van der Waals surface area (Å²) in [6, 6.07) is 0. The molecule has 2 heteroatoms. The van der Waals surface area contributed by atoms with E-state index < -0.39 is 0 Å². The van der Waals surface area contributed by atoms with Crippen molar-refractivity contribution < 1.29 is 9.90 Å². The molecule has 0 spiro atoms. The van der Waals surface area contributed by atoms with Gasteiger partial charge in [0.15, 0.2) is 0 Å². The highest BCUT2D eigenvalue weighted by Gasteiger charge is 2.59. The zero-order valence-electron chi connectivity index (χ0n) is 6.89. The van der Waals surface area contributed by atoms with E-state index in [1.54, 1.807) is 6.92 Å². The van der Waals surface area contributed by atoms with Gasteiger partial charge in [-0.05, 0) is 38.0 Å². The highest BCUT2D eigenvalue weighted by Crippen LogP contribution is 2.63. The van der Waals surface area contributed by atoms with E-state index in [0.717, 1.165) is 25.7 Å². The smallest absolute Gasteiger partial charge is 0.130 e. The van der Waals surface area contributed by atoms with Gasteiger partial charge in [-0.15, -0.1) is 0 Å². The van der Waals surface area contributed by atoms with Crippen LogP contribution in [0.15, 0.2) is 0 Å². The molecule has 0 saturated heterocycles. The number of hydrogen-bond donors (Lipinski definition) is 1. The fourth-order valence-electron chi connectivity index (χ4n) is 2.94. The van der Waals surface area contributed by atoms with Crippen LogP contribution < -0.4 is 0 Å². The molecular formula is C9H14O2. The lowest BCUT2D eigenvalue weighted by Gasteiger charge is -2.43. The largest absolute Gasteiger partial charge is 0.390 e. The molecule has 2 nitrogen and oxygen atoms in total. The van der Waals surface area contributed by atoms with Crippen molar-refractivity contribution in [3.8, 4) is 0 Å². The molecule has 3 aliphatic rings. The van der Waals surface area contributed by atoms with Crippen LogP contribution >= 0.6 is 0 Å². The van der Waals surface area contributed by atoms with Gasteiger partial charge in [0.05, 0.1) is 5.60 Å². The van der Waals surface area contributed by atoms with Crippen LogP contribution in [-0.2, 0) is 4.79 Å². The Bertz CT molecular complexity index is 202. The van der Waals surface area contributed by atoms with Gasteiger partial charge in [-0.1, -0.05) is 0 Å². The predicted octanol–water partition coefficient (Wildman–Crippen LogP) is 1.27. The molecule has 0 atom stereocenters. The first-order chi connectivity index (χ1) is 5.04. The van der Waals surface area contributed by atoms with Crippen molar-refractivity contribution in [1.29, 1.82) is 0 Å². The molecule has 3 fully saturated rings. The van der Waals surface area contributed by atoms with Crippen LogP contribution in [0.1, 0.15) is 39.0 Å². The first-order valence-electron chi connectivity index (χ1n) is 4.26. The second-order valence-electron chi connectivity index (χ2n) is 4.46. The first-order valence-corrected chi connectivity index (χ1v) is 4.26. The average Bonchev–Trinajstić information content (AvgIpc) is 2.17. The lowest BCUT2D eigenvalue weighted by molar-refractivity contribution is -0.124. The van der Waals surface area contributed by atoms with Gasteiger partial charge < -0.3 is 9.90 Å². The zero-order chi connectivity index (χ0) is 8.11. The Morgan fingerprint density at radius 2 is 2.09 bits per heavy atom. The van der Waals surface area contributed by atoms with Crippen molar-refractivity contribution in [1.82, 2.24) is 0 Å². The maximum Gasteiger partial charge on any atom is 0.130 e. The van der Waals surface area contributed by atoms with Crippen LogP contribution in [0.2, 0.25) is 0 Å². The number of ketones is 1. The average molecular weight is 154 g/mol. The molecule has 2 bridgehead atoms. The molecule has 3 saturated carbocycles. The molecule has 0 aromatic heterocycles. The summed E-state index contributed by atoms with van der Waals surface area (Å²) in [5.41, 5.74) is -0.143. The number of rotatable bonds is 2. The van der Waals surface area contributed by atoms with Crippen LogP contribution in [0, 0.1) is 5.41 Å². The van der Waals surface area contributed by atoms with Crippen LogP contribution in [-0.4, -0.2) is 16.5 Å². The lowest BCUT2D eigenvalue weighted by Crippen LogP contribution is -2.43. The van der Waals surface area contributed by atoms with E-state index in [0.29, 0.717) is 6.42 Å². The summed E-state index contributed by atoms with van der Waals surface area (Å²) in [5.74, 6) is 0.272. The van der Waals surface area contributed by atoms with E-state index in [-0.39, 0.29) is 16.8 Å². The molecule has 3 rings (SSSR count). The molecule has 0 aromatic carbocycles. The topological polar surface area (TPSA) is 37.3 Å². The highest BCUT2D eigenvalue weighted by atomic mass is 16.3.